The second-order valence-electron chi connectivity index (χ2n) is 7.68. The van der Waals surface area contributed by atoms with E-state index < -0.39 is 41.5 Å². The number of carbonyl (C=O) groups excluding carboxylic acids is 1. The van der Waals surface area contributed by atoms with Gasteiger partial charge >= 0.3 is 12.5 Å². The fourth-order valence-corrected chi connectivity index (χ4v) is 3.84. The number of amides is 1. The van der Waals surface area contributed by atoms with Gasteiger partial charge in [-0.15, -0.1) is 0 Å². The van der Waals surface area contributed by atoms with Gasteiger partial charge in [0.2, 0.25) is 0 Å². The Hall–Kier alpha value is -1.91. The molecule has 0 saturated carbocycles. The van der Waals surface area contributed by atoms with E-state index in [1.807, 2.05) is 0 Å². The zero-order chi connectivity index (χ0) is 21.4. The summed E-state index contributed by atoms with van der Waals surface area (Å²) in [5.74, 6) is -1.29. The topological polar surface area (TPSA) is 79.2 Å². The number of hydrogen-bond acceptors (Lipinski definition) is 5. The first kappa shape index (κ1) is 21.8. The standard InChI is InChI=1S/C19H23F4NO5/c1-17(27)8-11-28-18(15(17)26)6-9-24(10-7-18)14(25)12-4-2-3-5-13(12)29-19(22,23)16(20)21/h2-5,15-16,26-27H,6-11H2,1H3/t15-,17+/m0/s1. The average Bonchev–Trinajstić information content (AvgIpc) is 2.66. The van der Waals surface area contributed by atoms with Crippen molar-refractivity contribution in [2.24, 2.45) is 0 Å². The number of nitrogens with zero attached hydrogens (tertiary/aromatic N) is 1. The van der Waals surface area contributed by atoms with Gasteiger partial charge in [-0.25, -0.2) is 0 Å². The lowest BCUT2D eigenvalue weighted by molar-refractivity contribution is -0.253. The highest BCUT2D eigenvalue weighted by molar-refractivity contribution is 5.97. The molecule has 6 nitrogen and oxygen atoms in total. The highest BCUT2D eigenvalue weighted by Gasteiger charge is 2.53. The quantitative estimate of drug-likeness (QED) is 0.731. The van der Waals surface area contributed by atoms with Crippen LogP contribution in [0.3, 0.4) is 0 Å². The van der Waals surface area contributed by atoms with E-state index in [-0.39, 0.29) is 44.5 Å². The number of halogens is 4. The molecule has 0 aliphatic carbocycles. The van der Waals surface area contributed by atoms with E-state index in [1.54, 1.807) is 0 Å². The third-order valence-electron chi connectivity index (χ3n) is 5.60. The number of piperidine rings is 1. The Labute approximate surface area is 165 Å². The molecule has 3 rings (SSSR count). The molecule has 0 aromatic heterocycles. The van der Waals surface area contributed by atoms with Gasteiger partial charge in [0.1, 0.15) is 17.5 Å². The Bertz CT molecular complexity index is 750. The number of carbonyl (C=O) groups is 1. The summed E-state index contributed by atoms with van der Waals surface area (Å²) in [6, 6.07) is 4.96. The van der Waals surface area contributed by atoms with Gasteiger partial charge in [0, 0.05) is 19.5 Å². The summed E-state index contributed by atoms with van der Waals surface area (Å²) < 4.78 is 61.4. The zero-order valence-corrected chi connectivity index (χ0v) is 15.8. The average molecular weight is 421 g/mol. The van der Waals surface area contributed by atoms with E-state index in [2.05, 4.69) is 4.74 Å². The first-order valence-electron chi connectivity index (χ1n) is 9.26. The van der Waals surface area contributed by atoms with Crippen molar-refractivity contribution in [3.8, 4) is 5.75 Å². The molecule has 0 bridgehead atoms. The summed E-state index contributed by atoms with van der Waals surface area (Å²) in [6.07, 6.45) is -9.17. The molecule has 1 aromatic rings. The van der Waals surface area contributed by atoms with Crippen LogP contribution in [0.25, 0.3) is 0 Å². The number of aliphatic hydroxyl groups is 2. The van der Waals surface area contributed by atoms with Gasteiger partial charge in [-0.2, -0.15) is 17.6 Å². The van der Waals surface area contributed by atoms with Crippen molar-refractivity contribution in [3.05, 3.63) is 29.8 Å². The Morgan fingerprint density at radius 2 is 1.90 bits per heavy atom. The second-order valence-corrected chi connectivity index (χ2v) is 7.68. The van der Waals surface area contributed by atoms with E-state index in [0.29, 0.717) is 0 Å². The van der Waals surface area contributed by atoms with Crippen LogP contribution in [-0.4, -0.2) is 70.6 Å². The molecule has 2 heterocycles. The molecule has 2 aliphatic rings. The normalized spacial score (nSPS) is 27.3. The van der Waals surface area contributed by atoms with Crippen molar-refractivity contribution in [1.82, 2.24) is 4.90 Å². The molecule has 2 fully saturated rings. The van der Waals surface area contributed by atoms with Crippen LogP contribution in [-0.2, 0) is 4.74 Å². The Morgan fingerprint density at radius 1 is 1.28 bits per heavy atom. The summed E-state index contributed by atoms with van der Waals surface area (Å²) in [4.78, 5) is 14.2. The molecule has 0 radical (unpaired) electrons. The van der Waals surface area contributed by atoms with Crippen LogP contribution in [0.15, 0.2) is 24.3 Å². The number of aliphatic hydroxyl groups excluding tert-OH is 1. The zero-order valence-electron chi connectivity index (χ0n) is 15.8. The molecule has 2 aliphatic heterocycles. The van der Waals surface area contributed by atoms with Gasteiger partial charge in [0.15, 0.2) is 0 Å². The fraction of sp³-hybridized carbons (Fsp3) is 0.632. The molecule has 162 valence electrons. The van der Waals surface area contributed by atoms with E-state index in [9.17, 15) is 32.6 Å². The second kappa shape index (κ2) is 7.73. The Balaban J connectivity index is 1.74. The highest BCUT2D eigenvalue weighted by atomic mass is 19.3. The molecule has 1 amide bonds. The van der Waals surface area contributed by atoms with Crippen molar-refractivity contribution < 1.29 is 42.0 Å². The molecule has 2 atom stereocenters. The van der Waals surface area contributed by atoms with Crippen LogP contribution in [0.4, 0.5) is 17.6 Å². The predicted molar refractivity (Wildman–Crippen MR) is 93.1 cm³/mol. The molecule has 10 heteroatoms. The molecule has 2 saturated heterocycles. The number of ether oxygens (including phenoxy) is 2. The third-order valence-corrected chi connectivity index (χ3v) is 5.60. The largest absolute Gasteiger partial charge is 0.461 e. The van der Waals surface area contributed by atoms with Crippen LogP contribution in [0.5, 0.6) is 5.75 Å². The number of rotatable bonds is 4. The molecule has 2 N–H and O–H groups in total. The molecular formula is C19H23F4NO5. The maximum Gasteiger partial charge on any atom is 0.461 e. The van der Waals surface area contributed by atoms with Crippen molar-refractivity contribution in [1.29, 1.82) is 0 Å². The van der Waals surface area contributed by atoms with Crippen molar-refractivity contribution in [2.75, 3.05) is 19.7 Å². The van der Waals surface area contributed by atoms with E-state index in [4.69, 9.17) is 4.74 Å². The minimum atomic E-state index is -4.73. The Morgan fingerprint density at radius 3 is 2.52 bits per heavy atom. The summed E-state index contributed by atoms with van der Waals surface area (Å²) in [7, 11) is 0. The van der Waals surface area contributed by atoms with Gasteiger partial charge in [-0.05, 0) is 31.9 Å². The summed E-state index contributed by atoms with van der Waals surface area (Å²) in [5.41, 5.74) is -2.58. The first-order chi connectivity index (χ1) is 13.5. The van der Waals surface area contributed by atoms with Crippen LogP contribution >= 0.6 is 0 Å². The minimum absolute atomic E-state index is 0.131. The summed E-state index contributed by atoms with van der Waals surface area (Å²) in [6.45, 7) is 2.05. The summed E-state index contributed by atoms with van der Waals surface area (Å²) in [5, 5.41) is 20.9. The van der Waals surface area contributed by atoms with Crippen molar-refractivity contribution in [2.45, 2.75) is 56.0 Å². The minimum Gasteiger partial charge on any atom is -0.427 e. The number of likely N-dealkylation sites (tertiary alicyclic amines) is 1. The maximum absolute atomic E-state index is 13.3. The van der Waals surface area contributed by atoms with Crippen LogP contribution < -0.4 is 4.74 Å². The van der Waals surface area contributed by atoms with Gasteiger partial charge in [-0.3, -0.25) is 4.79 Å². The van der Waals surface area contributed by atoms with E-state index in [1.165, 1.54) is 30.0 Å². The van der Waals surface area contributed by atoms with Gasteiger partial charge in [0.25, 0.3) is 5.91 Å². The maximum atomic E-state index is 13.3. The molecule has 0 unspecified atom stereocenters. The Kier molecular flexibility index (Phi) is 5.81. The van der Waals surface area contributed by atoms with Crippen molar-refractivity contribution >= 4 is 5.91 Å². The van der Waals surface area contributed by atoms with E-state index in [0.717, 1.165) is 6.07 Å². The van der Waals surface area contributed by atoms with Crippen molar-refractivity contribution in [3.63, 3.8) is 0 Å². The third kappa shape index (κ3) is 4.19. The smallest absolute Gasteiger partial charge is 0.427 e. The monoisotopic (exact) mass is 421 g/mol. The number of benzene rings is 1. The van der Waals surface area contributed by atoms with Gasteiger partial charge in [-0.1, -0.05) is 12.1 Å². The van der Waals surface area contributed by atoms with Crippen LogP contribution in [0.1, 0.15) is 36.5 Å². The number of alkyl halides is 4. The number of para-hydroxylation sites is 1. The number of hydrogen-bond donors (Lipinski definition) is 2. The first-order valence-corrected chi connectivity index (χ1v) is 9.26. The lowest BCUT2D eigenvalue weighted by Crippen LogP contribution is -2.64. The highest BCUT2D eigenvalue weighted by Crippen LogP contribution is 2.40. The van der Waals surface area contributed by atoms with Crippen LogP contribution in [0.2, 0.25) is 0 Å². The fourth-order valence-electron chi connectivity index (χ4n) is 3.84. The lowest BCUT2D eigenvalue weighted by atomic mass is 9.75. The van der Waals surface area contributed by atoms with Gasteiger partial charge in [0.05, 0.1) is 17.8 Å². The van der Waals surface area contributed by atoms with Crippen LogP contribution in [0, 0.1) is 0 Å². The van der Waals surface area contributed by atoms with E-state index >= 15 is 0 Å². The molecular weight excluding hydrogens is 398 g/mol. The lowest BCUT2D eigenvalue weighted by Gasteiger charge is -2.51. The summed E-state index contributed by atoms with van der Waals surface area (Å²) >= 11 is 0. The molecule has 1 spiro atoms. The molecule has 29 heavy (non-hydrogen) atoms. The predicted octanol–water partition coefficient (Wildman–Crippen LogP) is 2.43. The van der Waals surface area contributed by atoms with Gasteiger partial charge < -0.3 is 24.6 Å². The molecule has 1 aromatic carbocycles. The SMILES string of the molecule is C[C@@]1(O)CCOC2(CCN(C(=O)c3ccccc3OC(F)(F)C(F)F)CC2)[C@H]1O.